The van der Waals surface area contributed by atoms with Gasteiger partial charge in [0, 0.05) is 12.1 Å². The summed E-state index contributed by atoms with van der Waals surface area (Å²) in [6, 6.07) is 5.77. The average Bonchev–Trinajstić information content (AvgIpc) is 3.48. The Bertz CT molecular complexity index is 1280. The molecule has 0 unspecified atom stereocenters. The van der Waals surface area contributed by atoms with E-state index in [0.29, 0.717) is 28.2 Å². The van der Waals surface area contributed by atoms with Crippen molar-refractivity contribution in [3.05, 3.63) is 63.6 Å². The Hall–Kier alpha value is -3.19. The summed E-state index contributed by atoms with van der Waals surface area (Å²) in [6.45, 7) is -0.00788. The number of aliphatic hydroxyl groups is 1. The number of nitrogens with zero attached hydrogens (tertiary/aromatic N) is 2. The summed E-state index contributed by atoms with van der Waals surface area (Å²) in [5, 5.41) is 10.0. The predicted molar refractivity (Wildman–Crippen MR) is 129 cm³/mol. The van der Waals surface area contributed by atoms with Crippen molar-refractivity contribution in [1.29, 1.82) is 0 Å². The summed E-state index contributed by atoms with van der Waals surface area (Å²) in [5.41, 5.74) is -2.79. The first kappa shape index (κ1) is 27.8. The molecule has 2 aromatic rings. The van der Waals surface area contributed by atoms with Crippen LogP contribution < -0.4 is 9.47 Å². The second-order valence-corrected chi connectivity index (χ2v) is 9.56. The molecule has 38 heavy (non-hydrogen) atoms. The fourth-order valence-electron chi connectivity index (χ4n) is 4.14. The second-order valence-electron chi connectivity index (χ2n) is 8.55. The lowest BCUT2D eigenvalue weighted by atomic mass is 10.0. The molecular formula is C25H22F6N2O4S. The molecule has 4 rings (SSSR count). The van der Waals surface area contributed by atoms with Gasteiger partial charge in [0.25, 0.3) is 5.91 Å². The van der Waals surface area contributed by atoms with Gasteiger partial charge >= 0.3 is 12.4 Å². The number of aliphatic imine (C=N–C) groups is 1. The molecule has 1 fully saturated rings. The lowest BCUT2D eigenvalue weighted by Gasteiger charge is -2.23. The zero-order valence-corrected chi connectivity index (χ0v) is 20.7. The van der Waals surface area contributed by atoms with Crippen LogP contribution >= 0.6 is 11.8 Å². The standard InChI is InChI=1S/C25H22F6N2O4S/c1-36-20-9-14(10-21-22(35)32-23(38-21)33-8-2-3-17(33)12-34)4-7-19(20)37-13-15-5-6-16(24(26,27)28)11-18(15)25(29,30)31/h4-7,9-11,17,34H,2-3,8,12-13H2,1H3/b21-10-/t17-/m0/s1. The molecule has 0 bridgehead atoms. The third kappa shape index (κ3) is 6.09. The highest BCUT2D eigenvalue weighted by molar-refractivity contribution is 8.18. The zero-order valence-electron chi connectivity index (χ0n) is 19.9. The number of benzene rings is 2. The van der Waals surface area contributed by atoms with E-state index in [0.717, 1.165) is 18.9 Å². The molecule has 0 spiro atoms. The molecule has 2 aliphatic heterocycles. The molecule has 0 aliphatic carbocycles. The van der Waals surface area contributed by atoms with Crippen molar-refractivity contribution in [2.75, 3.05) is 20.3 Å². The van der Waals surface area contributed by atoms with E-state index < -0.39 is 41.6 Å². The van der Waals surface area contributed by atoms with E-state index in [9.17, 15) is 36.2 Å². The van der Waals surface area contributed by atoms with Crippen LogP contribution in [0, 0.1) is 0 Å². The van der Waals surface area contributed by atoms with Gasteiger partial charge in [-0.25, -0.2) is 0 Å². The highest BCUT2D eigenvalue weighted by Crippen LogP contribution is 2.39. The van der Waals surface area contributed by atoms with Crippen LogP contribution in [0.25, 0.3) is 6.08 Å². The second kappa shape index (κ2) is 10.9. The summed E-state index contributed by atoms with van der Waals surface area (Å²) < 4.78 is 89.8. The van der Waals surface area contributed by atoms with E-state index in [1.807, 2.05) is 4.90 Å². The molecule has 2 aromatic carbocycles. The monoisotopic (exact) mass is 560 g/mol. The lowest BCUT2D eigenvalue weighted by molar-refractivity contribution is -0.143. The number of ether oxygens (including phenoxy) is 2. The quantitative estimate of drug-likeness (QED) is 0.359. The van der Waals surface area contributed by atoms with Crippen LogP contribution in [0.3, 0.4) is 0 Å². The minimum Gasteiger partial charge on any atom is -0.493 e. The number of carbonyl (C=O) groups excluding carboxylic acids is 1. The maximum Gasteiger partial charge on any atom is 0.416 e. The highest BCUT2D eigenvalue weighted by atomic mass is 32.2. The number of halogens is 6. The SMILES string of the molecule is COc1cc(/C=C2\SC(N3CCC[C@H]3CO)=NC2=O)ccc1OCc1ccc(C(F)(F)F)cc1C(F)(F)F. The average molecular weight is 561 g/mol. The number of carbonyl (C=O) groups is 1. The van der Waals surface area contributed by atoms with E-state index in [1.54, 1.807) is 12.1 Å². The van der Waals surface area contributed by atoms with Gasteiger partial charge < -0.3 is 19.5 Å². The number of amidine groups is 1. The number of thioether (sulfide) groups is 1. The van der Waals surface area contributed by atoms with Crippen molar-refractivity contribution in [2.24, 2.45) is 4.99 Å². The van der Waals surface area contributed by atoms with Crippen LogP contribution in [0.1, 0.15) is 35.1 Å². The number of hydrogen-bond acceptors (Lipinski definition) is 6. The Morgan fingerprint density at radius 3 is 2.53 bits per heavy atom. The first-order valence-electron chi connectivity index (χ1n) is 11.4. The topological polar surface area (TPSA) is 71.4 Å². The minimum atomic E-state index is -5.02. The number of alkyl halides is 6. The molecule has 1 amide bonds. The number of amides is 1. The van der Waals surface area contributed by atoms with Crippen LogP contribution in [-0.2, 0) is 23.8 Å². The Labute approximate surface area is 217 Å². The van der Waals surface area contributed by atoms with Gasteiger partial charge in [0.15, 0.2) is 16.7 Å². The Kier molecular flexibility index (Phi) is 7.98. The fourth-order valence-corrected chi connectivity index (χ4v) is 5.15. The predicted octanol–water partition coefficient (Wildman–Crippen LogP) is 5.74. The lowest BCUT2D eigenvalue weighted by Crippen LogP contribution is -2.35. The fraction of sp³-hybridized carbons (Fsp3) is 0.360. The Morgan fingerprint density at radius 2 is 1.87 bits per heavy atom. The molecule has 0 saturated carbocycles. The first-order valence-corrected chi connectivity index (χ1v) is 12.2. The number of rotatable bonds is 6. The van der Waals surface area contributed by atoms with Gasteiger partial charge in [-0.3, -0.25) is 4.79 Å². The summed E-state index contributed by atoms with van der Waals surface area (Å²) in [7, 11) is 1.32. The molecule has 0 radical (unpaired) electrons. The van der Waals surface area contributed by atoms with E-state index in [-0.39, 0.29) is 30.2 Å². The van der Waals surface area contributed by atoms with Crippen molar-refractivity contribution in [3.8, 4) is 11.5 Å². The Morgan fingerprint density at radius 1 is 1.11 bits per heavy atom. The summed E-state index contributed by atoms with van der Waals surface area (Å²) in [4.78, 5) is 18.8. The minimum absolute atomic E-state index is 0.0393. The molecule has 2 heterocycles. The van der Waals surface area contributed by atoms with Crippen molar-refractivity contribution in [3.63, 3.8) is 0 Å². The maximum atomic E-state index is 13.4. The number of likely N-dealkylation sites (tertiary alicyclic amines) is 1. The molecule has 6 nitrogen and oxygen atoms in total. The normalized spacial score (nSPS) is 19.3. The van der Waals surface area contributed by atoms with Gasteiger partial charge in [0.05, 0.1) is 35.8 Å². The zero-order chi connectivity index (χ0) is 27.7. The first-order chi connectivity index (χ1) is 17.9. The van der Waals surface area contributed by atoms with Gasteiger partial charge in [-0.15, -0.1) is 0 Å². The molecule has 1 N–H and O–H groups in total. The molecular weight excluding hydrogens is 538 g/mol. The van der Waals surface area contributed by atoms with E-state index in [1.165, 1.54) is 31.0 Å². The van der Waals surface area contributed by atoms with Crippen LogP contribution in [-0.4, -0.2) is 47.4 Å². The Balaban J connectivity index is 1.51. The summed E-state index contributed by atoms with van der Waals surface area (Å²) in [5.74, 6) is -0.223. The third-order valence-electron chi connectivity index (χ3n) is 6.05. The van der Waals surface area contributed by atoms with Gasteiger partial charge in [-0.1, -0.05) is 12.1 Å². The van der Waals surface area contributed by atoms with Crippen molar-refractivity contribution in [2.45, 2.75) is 37.8 Å². The number of methoxy groups -OCH3 is 1. The molecule has 0 aromatic heterocycles. The smallest absolute Gasteiger partial charge is 0.416 e. The molecule has 2 aliphatic rings. The van der Waals surface area contributed by atoms with Gasteiger partial charge in [-0.2, -0.15) is 31.3 Å². The summed E-state index contributed by atoms with van der Waals surface area (Å²) >= 11 is 1.18. The summed E-state index contributed by atoms with van der Waals surface area (Å²) in [6.07, 6.45) is -6.67. The third-order valence-corrected chi connectivity index (χ3v) is 7.07. The number of hydrogen-bond donors (Lipinski definition) is 1. The highest BCUT2D eigenvalue weighted by Gasteiger charge is 2.38. The van der Waals surface area contributed by atoms with E-state index >= 15 is 0 Å². The van der Waals surface area contributed by atoms with Crippen LogP contribution in [0.4, 0.5) is 26.3 Å². The van der Waals surface area contributed by atoms with Crippen molar-refractivity contribution >= 4 is 28.9 Å². The van der Waals surface area contributed by atoms with E-state index in [2.05, 4.69) is 4.99 Å². The van der Waals surface area contributed by atoms with Gasteiger partial charge in [-0.05, 0) is 60.5 Å². The van der Waals surface area contributed by atoms with Crippen LogP contribution in [0.5, 0.6) is 11.5 Å². The van der Waals surface area contributed by atoms with Crippen molar-refractivity contribution in [1.82, 2.24) is 4.90 Å². The van der Waals surface area contributed by atoms with E-state index in [4.69, 9.17) is 9.47 Å². The van der Waals surface area contributed by atoms with Gasteiger partial charge in [0.2, 0.25) is 0 Å². The van der Waals surface area contributed by atoms with Crippen LogP contribution in [0.15, 0.2) is 46.3 Å². The van der Waals surface area contributed by atoms with Gasteiger partial charge in [0.1, 0.15) is 6.61 Å². The molecule has 13 heteroatoms. The largest absolute Gasteiger partial charge is 0.493 e. The molecule has 1 atom stereocenters. The maximum absolute atomic E-state index is 13.4. The molecule has 204 valence electrons. The number of aliphatic hydroxyl groups excluding tert-OH is 1. The van der Waals surface area contributed by atoms with Crippen molar-refractivity contribution < 1.29 is 45.7 Å². The van der Waals surface area contributed by atoms with Crippen LogP contribution in [0.2, 0.25) is 0 Å². The molecule has 1 saturated heterocycles.